The Bertz CT molecular complexity index is 338. The Morgan fingerprint density at radius 1 is 1.00 bits per heavy atom. The fourth-order valence-corrected chi connectivity index (χ4v) is 1.07. The van der Waals surface area contributed by atoms with Crippen LogP contribution < -0.4 is 4.74 Å². The summed E-state index contributed by atoms with van der Waals surface area (Å²) in [7, 11) is 0. The van der Waals surface area contributed by atoms with Crippen molar-refractivity contribution >= 4 is 0 Å². The van der Waals surface area contributed by atoms with Gasteiger partial charge in [-0.3, -0.25) is 0 Å². The van der Waals surface area contributed by atoms with Crippen molar-refractivity contribution in [2.75, 3.05) is 0 Å². The van der Waals surface area contributed by atoms with Crippen molar-refractivity contribution in [2.24, 2.45) is 0 Å². The first kappa shape index (κ1) is 7.92. The molecule has 1 aromatic carbocycles. The van der Waals surface area contributed by atoms with Gasteiger partial charge in [-0.2, -0.15) is 0 Å². The molecular weight excluding hydrogens is 164 g/mol. The van der Waals surface area contributed by atoms with Crippen LogP contribution >= 0.6 is 0 Å². The minimum absolute atomic E-state index is 0.483. The van der Waals surface area contributed by atoms with E-state index in [1.807, 2.05) is 42.5 Å². The lowest BCUT2D eigenvalue weighted by Gasteiger charge is -2.02. The Kier molecular flexibility index (Phi) is 2.32. The Labute approximate surface area is 76.8 Å². The highest BCUT2D eigenvalue weighted by molar-refractivity contribution is 5.21. The summed E-state index contributed by atoms with van der Waals surface area (Å²) in [6.07, 6.45) is 1.64. The van der Waals surface area contributed by atoms with Crippen LogP contribution in [0.5, 0.6) is 5.75 Å². The van der Waals surface area contributed by atoms with Crippen molar-refractivity contribution in [3.05, 3.63) is 54.5 Å². The summed E-state index contributed by atoms with van der Waals surface area (Å²) in [5.41, 5.74) is 0. The summed E-state index contributed by atoms with van der Waals surface area (Å²) in [5.74, 6) is 1.70. The monoisotopic (exact) mass is 174 g/mol. The van der Waals surface area contributed by atoms with E-state index in [0.717, 1.165) is 11.5 Å². The Morgan fingerprint density at radius 3 is 2.54 bits per heavy atom. The third kappa shape index (κ3) is 2.12. The van der Waals surface area contributed by atoms with Gasteiger partial charge in [0.15, 0.2) is 0 Å². The molecule has 0 saturated heterocycles. The molecule has 0 aliphatic carbocycles. The zero-order chi connectivity index (χ0) is 8.93. The highest BCUT2D eigenvalue weighted by atomic mass is 16.5. The summed E-state index contributed by atoms with van der Waals surface area (Å²) >= 11 is 0. The smallest absolute Gasteiger partial charge is 0.146 e. The zero-order valence-electron chi connectivity index (χ0n) is 7.14. The highest BCUT2D eigenvalue weighted by Gasteiger charge is 1.95. The average Bonchev–Trinajstić information content (AvgIpc) is 2.69. The minimum Gasteiger partial charge on any atom is -0.486 e. The molecule has 0 aliphatic rings. The molecule has 1 heterocycles. The van der Waals surface area contributed by atoms with Gasteiger partial charge < -0.3 is 9.15 Å². The van der Waals surface area contributed by atoms with Crippen LogP contribution in [0.4, 0.5) is 0 Å². The number of furan rings is 1. The van der Waals surface area contributed by atoms with Gasteiger partial charge in [0.1, 0.15) is 18.1 Å². The highest BCUT2D eigenvalue weighted by Crippen LogP contribution is 2.11. The maximum atomic E-state index is 5.46. The molecule has 0 aliphatic heterocycles. The van der Waals surface area contributed by atoms with Gasteiger partial charge in [-0.25, -0.2) is 0 Å². The Balaban J connectivity index is 1.94. The maximum Gasteiger partial charge on any atom is 0.146 e. The zero-order valence-corrected chi connectivity index (χ0v) is 7.14. The number of benzene rings is 1. The van der Waals surface area contributed by atoms with Crippen molar-refractivity contribution < 1.29 is 9.15 Å². The summed E-state index contributed by atoms with van der Waals surface area (Å²) in [6, 6.07) is 13.4. The molecule has 0 N–H and O–H groups in total. The largest absolute Gasteiger partial charge is 0.486 e. The molecule has 0 amide bonds. The van der Waals surface area contributed by atoms with Gasteiger partial charge in [-0.05, 0) is 24.3 Å². The van der Waals surface area contributed by atoms with E-state index in [9.17, 15) is 0 Å². The van der Waals surface area contributed by atoms with Crippen molar-refractivity contribution in [1.29, 1.82) is 0 Å². The quantitative estimate of drug-likeness (QED) is 0.713. The Morgan fingerprint density at radius 2 is 1.85 bits per heavy atom. The molecular formula is C11H10O2. The van der Waals surface area contributed by atoms with Crippen molar-refractivity contribution in [3.63, 3.8) is 0 Å². The molecule has 13 heavy (non-hydrogen) atoms. The second-order valence-corrected chi connectivity index (χ2v) is 2.68. The van der Waals surface area contributed by atoms with E-state index < -0.39 is 0 Å². The first-order valence-corrected chi connectivity index (χ1v) is 4.15. The van der Waals surface area contributed by atoms with Crippen LogP contribution in [0.1, 0.15) is 5.76 Å². The molecule has 66 valence electrons. The van der Waals surface area contributed by atoms with Crippen LogP contribution in [0, 0.1) is 0 Å². The van der Waals surface area contributed by atoms with Crippen LogP contribution in [0.3, 0.4) is 0 Å². The fraction of sp³-hybridized carbons (Fsp3) is 0.0909. The minimum atomic E-state index is 0.483. The topological polar surface area (TPSA) is 22.4 Å². The van der Waals surface area contributed by atoms with Gasteiger partial charge >= 0.3 is 0 Å². The molecule has 2 rings (SSSR count). The van der Waals surface area contributed by atoms with E-state index in [1.165, 1.54) is 0 Å². The molecule has 0 unspecified atom stereocenters. The maximum absolute atomic E-state index is 5.46. The second kappa shape index (κ2) is 3.81. The lowest BCUT2D eigenvalue weighted by molar-refractivity contribution is 0.270. The van der Waals surface area contributed by atoms with E-state index >= 15 is 0 Å². The molecule has 0 atom stereocenters. The standard InChI is InChI=1S/C11H10O2/c1-2-5-10(6-3-1)13-9-11-7-4-8-12-11/h1-8H,9H2. The first-order valence-electron chi connectivity index (χ1n) is 4.15. The second-order valence-electron chi connectivity index (χ2n) is 2.68. The number of ether oxygens (including phenoxy) is 1. The molecule has 2 heteroatoms. The van der Waals surface area contributed by atoms with Gasteiger partial charge in [-0.1, -0.05) is 18.2 Å². The van der Waals surface area contributed by atoms with Crippen LogP contribution in [-0.4, -0.2) is 0 Å². The van der Waals surface area contributed by atoms with Gasteiger partial charge in [0.25, 0.3) is 0 Å². The predicted molar refractivity (Wildman–Crippen MR) is 49.5 cm³/mol. The van der Waals surface area contributed by atoms with E-state index in [1.54, 1.807) is 6.26 Å². The van der Waals surface area contributed by atoms with Crippen molar-refractivity contribution in [3.8, 4) is 5.75 Å². The molecule has 0 saturated carbocycles. The van der Waals surface area contributed by atoms with E-state index in [4.69, 9.17) is 9.15 Å². The molecule has 0 fully saturated rings. The average molecular weight is 174 g/mol. The Hall–Kier alpha value is -1.70. The normalized spacial score (nSPS) is 9.85. The van der Waals surface area contributed by atoms with Gasteiger partial charge in [-0.15, -0.1) is 0 Å². The van der Waals surface area contributed by atoms with Crippen molar-refractivity contribution in [2.45, 2.75) is 6.61 Å². The van der Waals surface area contributed by atoms with Gasteiger partial charge in [0.05, 0.1) is 6.26 Å². The van der Waals surface area contributed by atoms with Crippen molar-refractivity contribution in [1.82, 2.24) is 0 Å². The molecule has 0 bridgehead atoms. The summed E-state index contributed by atoms with van der Waals surface area (Å²) in [5, 5.41) is 0. The van der Waals surface area contributed by atoms with E-state index in [2.05, 4.69) is 0 Å². The first-order chi connectivity index (χ1) is 6.45. The summed E-state index contributed by atoms with van der Waals surface area (Å²) < 4.78 is 10.6. The molecule has 0 radical (unpaired) electrons. The number of rotatable bonds is 3. The molecule has 2 aromatic rings. The summed E-state index contributed by atoms with van der Waals surface area (Å²) in [6.45, 7) is 0.483. The van der Waals surface area contributed by atoms with E-state index in [0.29, 0.717) is 6.61 Å². The lowest BCUT2D eigenvalue weighted by Crippen LogP contribution is -1.92. The fourth-order valence-electron chi connectivity index (χ4n) is 1.07. The van der Waals surface area contributed by atoms with Crippen LogP contribution in [0.25, 0.3) is 0 Å². The number of hydrogen-bond donors (Lipinski definition) is 0. The molecule has 2 nitrogen and oxygen atoms in total. The third-order valence-corrected chi connectivity index (χ3v) is 1.70. The molecule has 0 spiro atoms. The SMILES string of the molecule is c1ccc(OCc2ccco2)cc1. The lowest BCUT2D eigenvalue weighted by atomic mass is 10.3. The van der Waals surface area contributed by atoms with Crippen LogP contribution in [-0.2, 0) is 6.61 Å². The predicted octanol–water partition coefficient (Wildman–Crippen LogP) is 2.86. The van der Waals surface area contributed by atoms with Crippen LogP contribution in [0.2, 0.25) is 0 Å². The third-order valence-electron chi connectivity index (χ3n) is 1.70. The van der Waals surface area contributed by atoms with Crippen LogP contribution in [0.15, 0.2) is 53.1 Å². The van der Waals surface area contributed by atoms with E-state index in [-0.39, 0.29) is 0 Å². The van der Waals surface area contributed by atoms with Gasteiger partial charge in [0, 0.05) is 0 Å². The number of para-hydroxylation sites is 1. The van der Waals surface area contributed by atoms with Gasteiger partial charge in [0.2, 0.25) is 0 Å². The summed E-state index contributed by atoms with van der Waals surface area (Å²) in [4.78, 5) is 0. The number of hydrogen-bond acceptors (Lipinski definition) is 2. The molecule has 1 aromatic heterocycles.